The molecule has 0 aliphatic carbocycles. The van der Waals surface area contributed by atoms with Crippen LogP contribution in [0.5, 0.6) is 17.2 Å². The fraction of sp³-hybridized carbons (Fsp3) is 0.278. The average molecular weight is 394 g/mol. The molecule has 146 valence electrons. The molecular weight excluding hydrogens is 372 g/mol. The van der Waals surface area contributed by atoms with Crippen LogP contribution < -0.4 is 24.2 Å². The third kappa shape index (κ3) is 5.35. The molecule has 0 saturated heterocycles. The molecule has 1 amide bonds. The van der Waals surface area contributed by atoms with Gasteiger partial charge in [0.1, 0.15) is 23.9 Å². The van der Waals surface area contributed by atoms with Crippen molar-refractivity contribution in [1.82, 2.24) is 10.0 Å². The molecule has 0 fully saturated rings. The van der Waals surface area contributed by atoms with Gasteiger partial charge < -0.3 is 19.5 Å². The van der Waals surface area contributed by atoms with Crippen molar-refractivity contribution < 1.29 is 27.4 Å². The lowest BCUT2D eigenvalue weighted by Gasteiger charge is -2.12. The lowest BCUT2D eigenvalue weighted by Crippen LogP contribution is -2.28. The maximum Gasteiger partial charge on any atom is 0.254 e. The zero-order valence-electron chi connectivity index (χ0n) is 15.3. The second-order valence-corrected chi connectivity index (χ2v) is 7.13. The highest BCUT2D eigenvalue weighted by atomic mass is 32.2. The van der Waals surface area contributed by atoms with Crippen LogP contribution in [0.1, 0.15) is 10.4 Å². The summed E-state index contributed by atoms with van der Waals surface area (Å²) in [6.07, 6.45) is 0. The molecule has 2 aromatic carbocycles. The van der Waals surface area contributed by atoms with Gasteiger partial charge in [0.25, 0.3) is 5.91 Å². The highest BCUT2D eigenvalue weighted by molar-refractivity contribution is 7.89. The summed E-state index contributed by atoms with van der Waals surface area (Å²) in [6.45, 7) is 0.208. The number of nitrogens with one attached hydrogen (secondary N) is 2. The molecule has 0 aliphatic heterocycles. The predicted molar refractivity (Wildman–Crippen MR) is 100 cm³/mol. The fourth-order valence-electron chi connectivity index (χ4n) is 2.27. The minimum absolute atomic E-state index is 0.0358. The van der Waals surface area contributed by atoms with Crippen LogP contribution in [0.4, 0.5) is 0 Å². The largest absolute Gasteiger partial charge is 0.497 e. The molecule has 2 rings (SSSR count). The monoisotopic (exact) mass is 394 g/mol. The standard InChI is InChI=1S/C18H22N2O6S/c1-19-18(21)16-12-15(8-9-17(16)25-3)27(22,23)20-10-11-26-14-6-4-13(24-2)5-7-14/h4-9,12,20H,10-11H2,1-3H3,(H,19,21). The van der Waals surface area contributed by atoms with Gasteiger partial charge in [-0.25, -0.2) is 13.1 Å². The molecule has 27 heavy (non-hydrogen) atoms. The SMILES string of the molecule is CNC(=O)c1cc(S(=O)(=O)NCCOc2ccc(OC)cc2)ccc1OC. The Hall–Kier alpha value is -2.78. The van der Waals surface area contributed by atoms with Crippen LogP contribution in [0, 0.1) is 0 Å². The zero-order valence-corrected chi connectivity index (χ0v) is 16.1. The first kappa shape index (κ1) is 20.5. The average Bonchev–Trinajstić information content (AvgIpc) is 2.70. The number of amides is 1. The molecule has 0 bridgehead atoms. The fourth-order valence-corrected chi connectivity index (χ4v) is 3.31. The van der Waals surface area contributed by atoms with Gasteiger partial charge in [-0.3, -0.25) is 4.79 Å². The number of sulfonamides is 1. The quantitative estimate of drug-likeness (QED) is 0.624. The van der Waals surface area contributed by atoms with Crippen LogP contribution in [0.15, 0.2) is 47.4 Å². The molecule has 0 spiro atoms. The highest BCUT2D eigenvalue weighted by Crippen LogP contribution is 2.22. The summed E-state index contributed by atoms with van der Waals surface area (Å²) in [5.41, 5.74) is 0.136. The second-order valence-electron chi connectivity index (χ2n) is 5.36. The van der Waals surface area contributed by atoms with Gasteiger partial charge in [0, 0.05) is 13.6 Å². The summed E-state index contributed by atoms with van der Waals surface area (Å²) in [7, 11) is 0.632. The third-order valence-corrected chi connectivity index (χ3v) is 5.13. The molecule has 0 atom stereocenters. The summed E-state index contributed by atoms with van der Waals surface area (Å²) in [5, 5.41) is 2.45. The Kier molecular flexibility index (Phi) is 7.03. The summed E-state index contributed by atoms with van der Waals surface area (Å²) < 4.78 is 42.9. The van der Waals surface area contributed by atoms with Crippen molar-refractivity contribution >= 4 is 15.9 Å². The molecule has 8 nitrogen and oxygen atoms in total. The van der Waals surface area contributed by atoms with Crippen molar-refractivity contribution in [3.63, 3.8) is 0 Å². The third-order valence-electron chi connectivity index (χ3n) is 3.68. The van der Waals surface area contributed by atoms with Crippen LogP contribution >= 0.6 is 0 Å². The summed E-state index contributed by atoms with van der Waals surface area (Å²) in [6, 6.07) is 11.0. The van der Waals surface area contributed by atoms with E-state index in [9.17, 15) is 13.2 Å². The number of rotatable bonds is 9. The summed E-state index contributed by atoms with van der Waals surface area (Å²) >= 11 is 0. The maximum absolute atomic E-state index is 12.4. The molecule has 0 radical (unpaired) electrons. The first-order chi connectivity index (χ1) is 12.9. The normalized spacial score (nSPS) is 10.9. The van der Waals surface area contributed by atoms with E-state index in [1.807, 2.05) is 0 Å². The van der Waals surface area contributed by atoms with E-state index in [-0.39, 0.29) is 29.4 Å². The van der Waals surface area contributed by atoms with E-state index in [2.05, 4.69) is 10.0 Å². The van der Waals surface area contributed by atoms with E-state index in [0.717, 1.165) is 0 Å². The lowest BCUT2D eigenvalue weighted by molar-refractivity contribution is 0.0960. The topological polar surface area (TPSA) is 103 Å². The van der Waals surface area contributed by atoms with E-state index in [0.29, 0.717) is 11.5 Å². The van der Waals surface area contributed by atoms with Gasteiger partial charge in [0.05, 0.1) is 24.7 Å². The van der Waals surface area contributed by atoms with E-state index in [1.54, 1.807) is 31.4 Å². The minimum atomic E-state index is -3.80. The molecule has 2 aromatic rings. The Morgan fingerprint density at radius 1 is 1.00 bits per heavy atom. The molecule has 0 aromatic heterocycles. The minimum Gasteiger partial charge on any atom is -0.497 e. The molecule has 2 N–H and O–H groups in total. The van der Waals surface area contributed by atoms with Crippen LogP contribution in [-0.2, 0) is 10.0 Å². The maximum atomic E-state index is 12.4. The van der Waals surface area contributed by atoms with Crippen molar-refractivity contribution in [3.8, 4) is 17.2 Å². The molecule has 0 heterocycles. The van der Waals surface area contributed by atoms with Crippen molar-refractivity contribution in [2.45, 2.75) is 4.90 Å². The molecular formula is C18H22N2O6S. The number of carbonyl (C=O) groups is 1. The van der Waals surface area contributed by atoms with Gasteiger partial charge in [0.2, 0.25) is 10.0 Å². The van der Waals surface area contributed by atoms with Gasteiger partial charge in [0.15, 0.2) is 0 Å². The Morgan fingerprint density at radius 2 is 1.67 bits per heavy atom. The number of hydrogen-bond acceptors (Lipinski definition) is 6. The molecule has 0 saturated carbocycles. The molecule has 9 heteroatoms. The van der Waals surface area contributed by atoms with Gasteiger partial charge in [-0.2, -0.15) is 0 Å². The number of benzene rings is 2. The van der Waals surface area contributed by atoms with Crippen molar-refractivity contribution in [2.75, 3.05) is 34.4 Å². The van der Waals surface area contributed by atoms with Crippen molar-refractivity contribution in [1.29, 1.82) is 0 Å². The number of hydrogen-bond donors (Lipinski definition) is 2. The van der Waals surface area contributed by atoms with E-state index >= 15 is 0 Å². The number of carbonyl (C=O) groups excluding carboxylic acids is 1. The van der Waals surface area contributed by atoms with Crippen molar-refractivity contribution in [3.05, 3.63) is 48.0 Å². The highest BCUT2D eigenvalue weighted by Gasteiger charge is 2.19. The number of methoxy groups -OCH3 is 2. The first-order valence-electron chi connectivity index (χ1n) is 8.08. The van der Waals surface area contributed by atoms with Gasteiger partial charge in [-0.1, -0.05) is 0 Å². The van der Waals surface area contributed by atoms with Crippen LogP contribution in [0.25, 0.3) is 0 Å². The lowest BCUT2D eigenvalue weighted by atomic mass is 10.2. The van der Waals surface area contributed by atoms with Crippen LogP contribution in [0.3, 0.4) is 0 Å². The predicted octanol–water partition coefficient (Wildman–Crippen LogP) is 1.42. The summed E-state index contributed by atoms with van der Waals surface area (Å²) in [5.74, 6) is 1.15. The van der Waals surface area contributed by atoms with E-state index < -0.39 is 15.9 Å². The molecule has 0 unspecified atom stereocenters. The van der Waals surface area contributed by atoms with Gasteiger partial charge >= 0.3 is 0 Å². The van der Waals surface area contributed by atoms with E-state index in [1.165, 1.54) is 32.4 Å². The zero-order chi connectivity index (χ0) is 19.9. The Bertz CT molecular complexity index is 881. The van der Waals surface area contributed by atoms with Crippen molar-refractivity contribution in [2.24, 2.45) is 0 Å². The van der Waals surface area contributed by atoms with E-state index in [4.69, 9.17) is 14.2 Å². The Labute approximate surface area is 158 Å². The summed E-state index contributed by atoms with van der Waals surface area (Å²) in [4.78, 5) is 11.9. The van der Waals surface area contributed by atoms with Crippen LogP contribution in [0.2, 0.25) is 0 Å². The molecule has 0 aliphatic rings. The second kappa shape index (κ2) is 9.24. The smallest absolute Gasteiger partial charge is 0.254 e. The van der Waals surface area contributed by atoms with Crippen LogP contribution in [-0.4, -0.2) is 48.7 Å². The van der Waals surface area contributed by atoms with Gasteiger partial charge in [-0.05, 0) is 42.5 Å². The Morgan fingerprint density at radius 3 is 2.26 bits per heavy atom. The Balaban J connectivity index is 2.00. The van der Waals surface area contributed by atoms with Gasteiger partial charge in [-0.15, -0.1) is 0 Å². The number of ether oxygens (including phenoxy) is 3. The first-order valence-corrected chi connectivity index (χ1v) is 9.56.